The van der Waals surface area contributed by atoms with Crippen LogP contribution >= 0.6 is 31.9 Å². The Hall–Kier alpha value is -0.900. The molecular weight excluding hydrogens is 386 g/mol. The number of amides is 1. The van der Waals surface area contributed by atoms with Gasteiger partial charge in [0, 0.05) is 27.6 Å². The van der Waals surface area contributed by atoms with Crippen LogP contribution in [0.5, 0.6) is 0 Å². The molecule has 6 heteroatoms. The van der Waals surface area contributed by atoms with E-state index in [1.807, 2.05) is 13.1 Å². The van der Waals surface area contributed by atoms with E-state index in [-0.39, 0.29) is 5.91 Å². The molecule has 1 heterocycles. The van der Waals surface area contributed by atoms with Gasteiger partial charge in [-0.3, -0.25) is 4.79 Å². The maximum atomic E-state index is 12.3. The van der Waals surface area contributed by atoms with E-state index in [1.165, 1.54) is 0 Å². The minimum atomic E-state index is -0.752. The highest BCUT2D eigenvalue weighted by molar-refractivity contribution is 9.11. The molecule has 0 saturated carbocycles. The van der Waals surface area contributed by atoms with E-state index < -0.39 is 5.54 Å². The van der Waals surface area contributed by atoms with Gasteiger partial charge < -0.3 is 10.2 Å². The molecule has 4 nitrogen and oxygen atoms in total. The molecule has 1 aromatic carbocycles. The monoisotopic (exact) mass is 399 g/mol. The van der Waals surface area contributed by atoms with E-state index in [2.05, 4.69) is 48.1 Å². The molecule has 1 fully saturated rings. The van der Waals surface area contributed by atoms with Crippen molar-refractivity contribution in [3.8, 4) is 6.07 Å². The Morgan fingerprint density at radius 1 is 1.30 bits per heavy atom. The summed E-state index contributed by atoms with van der Waals surface area (Å²) in [5.41, 5.74) is -0.210. The SMILES string of the molecule is CN1CCC(C#N)(NC(=O)c2cc(Br)cc(Br)c2)CC1. The minimum absolute atomic E-state index is 0.210. The molecule has 1 aliphatic rings. The van der Waals surface area contributed by atoms with Crippen molar-refractivity contribution in [2.24, 2.45) is 0 Å². The molecule has 0 atom stereocenters. The maximum Gasteiger partial charge on any atom is 0.252 e. The van der Waals surface area contributed by atoms with Crippen molar-refractivity contribution in [3.05, 3.63) is 32.7 Å². The number of nitrogens with one attached hydrogen (secondary N) is 1. The van der Waals surface area contributed by atoms with Crippen molar-refractivity contribution in [3.63, 3.8) is 0 Å². The minimum Gasteiger partial charge on any atom is -0.334 e. The van der Waals surface area contributed by atoms with Crippen molar-refractivity contribution >= 4 is 37.8 Å². The van der Waals surface area contributed by atoms with Crippen molar-refractivity contribution in [2.75, 3.05) is 20.1 Å². The Balaban J connectivity index is 2.16. The molecule has 0 aromatic heterocycles. The fourth-order valence-corrected chi connectivity index (χ4v) is 3.53. The third-order valence-electron chi connectivity index (χ3n) is 3.53. The Labute approximate surface area is 135 Å². The summed E-state index contributed by atoms with van der Waals surface area (Å²) in [6, 6.07) is 7.65. The first-order valence-electron chi connectivity index (χ1n) is 6.32. The van der Waals surface area contributed by atoms with Crippen LogP contribution in [-0.2, 0) is 0 Å². The van der Waals surface area contributed by atoms with Crippen molar-refractivity contribution < 1.29 is 4.79 Å². The average molecular weight is 401 g/mol. The summed E-state index contributed by atoms with van der Waals surface area (Å²) in [5, 5.41) is 12.3. The molecule has 0 bridgehead atoms. The zero-order valence-corrected chi connectivity index (χ0v) is 14.3. The average Bonchev–Trinajstić information content (AvgIpc) is 2.40. The number of benzene rings is 1. The zero-order valence-electron chi connectivity index (χ0n) is 11.1. The number of halogens is 2. The van der Waals surface area contributed by atoms with Gasteiger partial charge in [0.2, 0.25) is 0 Å². The lowest BCUT2D eigenvalue weighted by atomic mass is 9.89. The van der Waals surface area contributed by atoms with Crippen LogP contribution < -0.4 is 5.32 Å². The normalized spacial score (nSPS) is 18.3. The molecule has 1 saturated heterocycles. The van der Waals surface area contributed by atoms with Crippen molar-refractivity contribution in [1.82, 2.24) is 10.2 Å². The number of rotatable bonds is 2. The number of hydrogen-bond acceptors (Lipinski definition) is 3. The van der Waals surface area contributed by atoms with E-state index in [0.717, 1.165) is 22.0 Å². The van der Waals surface area contributed by atoms with Gasteiger partial charge in [-0.25, -0.2) is 0 Å². The summed E-state index contributed by atoms with van der Waals surface area (Å²) in [6.45, 7) is 1.63. The van der Waals surface area contributed by atoms with Gasteiger partial charge in [-0.05, 0) is 38.1 Å². The fraction of sp³-hybridized carbons (Fsp3) is 0.429. The van der Waals surface area contributed by atoms with Crippen molar-refractivity contribution in [2.45, 2.75) is 18.4 Å². The fourth-order valence-electron chi connectivity index (χ4n) is 2.24. The Bertz CT molecular complexity index is 540. The summed E-state index contributed by atoms with van der Waals surface area (Å²) in [7, 11) is 2.02. The second kappa shape index (κ2) is 6.25. The highest BCUT2D eigenvalue weighted by Gasteiger charge is 2.35. The molecule has 2 rings (SSSR count). The smallest absolute Gasteiger partial charge is 0.252 e. The standard InChI is InChI=1S/C14H15Br2N3O/c1-19-4-2-14(9-17,3-5-19)18-13(20)10-6-11(15)8-12(16)7-10/h6-8H,2-5H2,1H3,(H,18,20). The molecule has 106 valence electrons. The zero-order chi connectivity index (χ0) is 14.8. The van der Waals surface area contributed by atoms with Crippen LogP contribution in [0, 0.1) is 11.3 Å². The molecule has 1 amide bonds. The maximum absolute atomic E-state index is 12.3. The molecule has 0 radical (unpaired) electrons. The largest absolute Gasteiger partial charge is 0.334 e. The summed E-state index contributed by atoms with van der Waals surface area (Å²) < 4.78 is 1.65. The number of nitrogens with zero attached hydrogens (tertiary/aromatic N) is 2. The lowest BCUT2D eigenvalue weighted by molar-refractivity contribution is 0.0882. The number of piperidine rings is 1. The van der Waals surface area contributed by atoms with Crippen LogP contribution in [0.25, 0.3) is 0 Å². The lowest BCUT2D eigenvalue weighted by Crippen LogP contribution is -2.53. The summed E-state index contributed by atoms with van der Waals surface area (Å²) >= 11 is 6.73. The predicted octanol–water partition coefficient (Wildman–Crippen LogP) is 2.93. The molecule has 1 N–H and O–H groups in total. The van der Waals surface area contributed by atoms with Gasteiger partial charge in [-0.15, -0.1) is 0 Å². The third kappa shape index (κ3) is 3.60. The number of carbonyl (C=O) groups excluding carboxylic acids is 1. The molecular formula is C14H15Br2N3O. The first-order valence-corrected chi connectivity index (χ1v) is 7.91. The lowest BCUT2D eigenvalue weighted by Gasteiger charge is -2.36. The van der Waals surface area contributed by atoms with E-state index in [1.54, 1.807) is 12.1 Å². The van der Waals surface area contributed by atoms with Gasteiger partial charge in [0.15, 0.2) is 0 Å². The van der Waals surface area contributed by atoms with Crippen LogP contribution in [-0.4, -0.2) is 36.5 Å². The van der Waals surface area contributed by atoms with Gasteiger partial charge in [-0.2, -0.15) is 5.26 Å². The van der Waals surface area contributed by atoms with E-state index in [0.29, 0.717) is 18.4 Å². The second-order valence-electron chi connectivity index (χ2n) is 5.11. The molecule has 0 aliphatic carbocycles. The summed E-state index contributed by atoms with van der Waals surface area (Å²) in [5.74, 6) is -0.210. The van der Waals surface area contributed by atoms with Crippen LogP contribution in [0.4, 0.5) is 0 Å². The molecule has 1 aliphatic heterocycles. The number of likely N-dealkylation sites (tertiary alicyclic amines) is 1. The number of hydrogen-bond donors (Lipinski definition) is 1. The summed E-state index contributed by atoms with van der Waals surface area (Å²) in [6.07, 6.45) is 1.31. The topological polar surface area (TPSA) is 56.1 Å². The molecule has 20 heavy (non-hydrogen) atoms. The number of carbonyl (C=O) groups is 1. The third-order valence-corrected chi connectivity index (χ3v) is 4.45. The van der Waals surface area contributed by atoms with Gasteiger partial charge in [-0.1, -0.05) is 31.9 Å². The van der Waals surface area contributed by atoms with Gasteiger partial charge in [0.1, 0.15) is 5.54 Å². The van der Waals surface area contributed by atoms with Gasteiger partial charge in [0.25, 0.3) is 5.91 Å². The van der Waals surface area contributed by atoms with E-state index >= 15 is 0 Å². The van der Waals surface area contributed by atoms with E-state index in [9.17, 15) is 10.1 Å². The van der Waals surface area contributed by atoms with Crippen LogP contribution in [0.3, 0.4) is 0 Å². The number of nitriles is 1. The van der Waals surface area contributed by atoms with Crippen LogP contribution in [0.15, 0.2) is 27.1 Å². The quantitative estimate of drug-likeness (QED) is 0.830. The predicted molar refractivity (Wildman–Crippen MR) is 84.4 cm³/mol. The van der Waals surface area contributed by atoms with E-state index in [4.69, 9.17) is 0 Å². The Morgan fingerprint density at radius 3 is 2.35 bits per heavy atom. The first kappa shape index (κ1) is 15.5. The summed E-state index contributed by atoms with van der Waals surface area (Å²) in [4.78, 5) is 14.5. The first-order chi connectivity index (χ1) is 9.44. The second-order valence-corrected chi connectivity index (χ2v) is 6.94. The van der Waals surface area contributed by atoms with Crippen LogP contribution in [0.1, 0.15) is 23.2 Å². The van der Waals surface area contributed by atoms with Crippen molar-refractivity contribution in [1.29, 1.82) is 5.26 Å². The molecule has 0 spiro atoms. The molecule has 1 aromatic rings. The van der Waals surface area contributed by atoms with Gasteiger partial charge >= 0.3 is 0 Å². The Kier molecular flexibility index (Phi) is 4.84. The van der Waals surface area contributed by atoms with Gasteiger partial charge in [0.05, 0.1) is 6.07 Å². The molecule has 0 unspecified atom stereocenters. The highest BCUT2D eigenvalue weighted by atomic mass is 79.9. The van der Waals surface area contributed by atoms with Crippen LogP contribution in [0.2, 0.25) is 0 Å². The Morgan fingerprint density at radius 2 is 1.85 bits per heavy atom. The highest BCUT2D eigenvalue weighted by Crippen LogP contribution is 2.23.